The van der Waals surface area contributed by atoms with Crippen LogP contribution in [0.2, 0.25) is 0 Å². The van der Waals surface area contributed by atoms with Crippen molar-refractivity contribution in [3.8, 4) is 0 Å². The zero-order chi connectivity index (χ0) is 20.8. The van der Waals surface area contributed by atoms with Gasteiger partial charge in [-0.3, -0.25) is 0 Å². The highest BCUT2D eigenvalue weighted by molar-refractivity contribution is 8.05. The molecule has 0 spiro atoms. The number of β-amino-alcohol motifs (C(OH)–C–C–N with tert-alkyl or cyclic N) is 1. The second kappa shape index (κ2) is 9.47. The fourth-order valence-corrected chi connectivity index (χ4v) is 5.10. The lowest BCUT2D eigenvalue weighted by Gasteiger charge is -2.34. The number of aromatic nitrogens is 2. The second-order valence-electron chi connectivity index (χ2n) is 7.03. The van der Waals surface area contributed by atoms with Crippen molar-refractivity contribution in [1.29, 1.82) is 0 Å². The van der Waals surface area contributed by atoms with Crippen molar-refractivity contribution in [2.24, 2.45) is 0 Å². The van der Waals surface area contributed by atoms with E-state index in [1.165, 1.54) is 4.91 Å². The first kappa shape index (κ1) is 20.7. The zero-order valence-electron chi connectivity index (χ0n) is 16.7. The molecule has 1 atom stereocenters. The standard InChI is InChI=1S/C23H24N4OS2/c1-2-23(28,18-8-4-3-5-9-18)17-27-14-11-19(12-15-27)29-21-16-25-22(30-21)26-20-10-6-7-13-24-20/h3-14,16,28H,2,15,17H2,1H3,(H,24,25,26). The van der Waals surface area contributed by atoms with Crippen LogP contribution in [0.1, 0.15) is 18.9 Å². The third kappa shape index (κ3) is 5.11. The van der Waals surface area contributed by atoms with Gasteiger partial charge in [-0.1, -0.05) is 72.5 Å². The minimum atomic E-state index is -0.853. The van der Waals surface area contributed by atoms with E-state index in [4.69, 9.17) is 0 Å². The molecule has 0 amide bonds. The van der Waals surface area contributed by atoms with Crippen LogP contribution in [0.15, 0.2) is 88.4 Å². The summed E-state index contributed by atoms with van der Waals surface area (Å²) in [7, 11) is 0. The molecular weight excluding hydrogens is 412 g/mol. The first-order valence-electron chi connectivity index (χ1n) is 9.87. The number of thiazole rings is 1. The lowest BCUT2D eigenvalue weighted by Crippen LogP contribution is -2.39. The Morgan fingerprint density at radius 1 is 1.17 bits per heavy atom. The smallest absolute Gasteiger partial charge is 0.189 e. The lowest BCUT2D eigenvalue weighted by molar-refractivity contribution is 0.00895. The summed E-state index contributed by atoms with van der Waals surface area (Å²) in [6, 6.07) is 15.7. The van der Waals surface area contributed by atoms with Gasteiger partial charge in [0.2, 0.25) is 0 Å². The largest absolute Gasteiger partial charge is 0.383 e. The van der Waals surface area contributed by atoms with Gasteiger partial charge in [0.15, 0.2) is 5.13 Å². The number of benzene rings is 1. The fraction of sp³-hybridized carbons (Fsp3) is 0.217. The average molecular weight is 437 g/mol. The van der Waals surface area contributed by atoms with E-state index in [1.807, 2.05) is 61.7 Å². The maximum atomic E-state index is 11.1. The molecule has 5 nitrogen and oxygen atoms in total. The molecule has 0 saturated heterocycles. The molecule has 1 aliphatic rings. The van der Waals surface area contributed by atoms with Gasteiger partial charge < -0.3 is 15.3 Å². The molecule has 2 N–H and O–H groups in total. The molecule has 30 heavy (non-hydrogen) atoms. The summed E-state index contributed by atoms with van der Waals surface area (Å²) in [5.41, 5.74) is 0.107. The highest BCUT2D eigenvalue weighted by atomic mass is 32.2. The number of thioether (sulfide) groups is 1. The SMILES string of the molecule is CCC(O)(CN1C=CC(Sc2cnc(Nc3ccccn3)s2)=CC1)c1ccccc1. The predicted octanol–water partition coefficient (Wildman–Crippen LogP) is 5.38. The van der Waals surface area contributed by atoms with Crippen molar-refractivity contribution in [3.05, 3.63) is 89.7 Å². The van der Waals surface area contributed by atoms with E-state index in [9.17, 15) is 5.11 Å². The number of pyridine rings is 1. The number of anilines is 2. The van der Waals surface area contributed by atoms with E-state index in [-0.39, 0.29) is 0 Å². The molecule has 7 heteroatoms. The topological polar surface area (TPSA) is 61.3 Å². The quantitative estimate of drug-likeness (QED) is 0.494. The van der Waals surface area contributed by atoms with Crippen LogP contribution in [-0.4, -0.2) is 33.1 Å². The van der Waals surface area contributed by atoms with Gasteiger partial charge in [-0.15, -0.1) is 0 Å². The van der Waals surface area contributed by atoms with Crippen LogP contribution in [-0.2, 0) is 5.60 Å². The van der Waals surface area contributed by atoms with Crippen molar-refractivity contribution >= 4 is 34.0 Å². The van der Waals surface area contributed by atoms with Crippen LogP contribution in [0.4, 0.5) is 10.9 Å². The first-order valence-corrected chi connectivity index (χ1v) is 11.5. The van der Waals surface area contributed by atoms with Gasteiger partial charge >= 0.3 is 0 Å². The fourth-order valence-electron chi connectivity index (χ4n) is 3.23. The normalized spacial score (nSPS) is 15.5. The highest BCUT2D eigenvalue weighted by Gasteiger charge is 2.29. The van der Waals surface area contributed by atoms with Crippen molar-refractivity contribution in [2.45, 2.75) is 23.2 Å². The maximum absolute atomic E-state index is 11.1. The summed E-state index contributed by atoms with van der Waals surface area (Å²) in [6.45, 7) is 3.36. The molecule has 0 radical (unpaired) electrons. The van der Waals surface area contributed by atoms with E-state index < -0.39 is 5.60 Å². The number of nitrogens with one attached hydrogen (secondary N) is 1. The summed E-state index contributed by atoms with van der Waals surface area (Å²) in [5, 5.41) is 15.2. The summed E-state index contributed by atoms with van der Waals surface area (Å²) >= 11 is 3.30. The number of allylic oxidation sites excluding steroid dienone is 1. The average Bonchev–Trinajstić information content (AvgIpc) is 3.23. The Labute approximate surface area is 185 Å². The third-order valence-corrected chi connectivity index (χ3v) is 6.99. The van der Waals surface area contributed by atoms with Crippen molar-refractivity contribution < 1.29 is 5.11 Å². The Morgan fingerprint density at radius 3 is 2.70 bits per heavy atom. The third-order valence-electron chi connectivity index (χ3n) is 4.94. The predicted molar refractivity (Wildman–Crippen MR) is 125 cm³/mol. The van der Waals surface area contributed by atoms with Crippen LogP contribution in [0.5, 0.6) is 0 Å². The molecule has 0 aliphatic carbocycles. The Morgan fingerprint density at radius 2 is 2.00 bits per heavy atom. The number of rotatable bonds is 8. The molecule has 3 aromatic rings. The monoisotopic (exact) mass is 436 g/mol. The minimum Gasteiger partial charge on any atom is -0.383 e. The second-order valence-corrected chi connectivity index (χ2v) is 9.43. The number of hydrogen-bond acceptors (Lipinski definition) is 7. The number of aliphatic hydroxyl groups is 1. The summed E-state index contributed by atoms with van der Waals surface area (Å²) in [4.78, 5) is 12.0. The first-order chi connectivity index (χ1) is 14.6. The Hall–Kier alpha value is -2.61. The summed E-state index contributed by atoms with van der Waals surface area (Å²) < 4.78 is 1.12. The van der Waals surface area contributed by atoms with Gasteiger partial charge in [0.05, 0.1) is 17.0 Å². The van der Waals surface area contributed by atoms with E-state index in [1.54, 1.807) is 29.3 Å². The molecule has 0 bridgehead atoms. The van der Waals surface area contributed by atoms with Crippen LogP contribution in [0.25, 0.3) is 0 Å². The summed E-state index contributed by atoms with van der Waals surface area (Å²) in [5.74, 6) is 0.789. The minimum absolute atomic E-state index is 0.567. The lowest BCUT2D eigenvalue weighted by atomic mass is 9.90. The van der Waals surface area contributed by atoms with Crippen molar-refractivity contribution in [1.82, 2.24) is 14.9 Å². The molecule has 1 aromatic carbocycles. The highest BCUT2D eigenvalue weighted by Crippen LogP contribution is 2.36. The number of nitrogens with zero attached hydrogens (tertiary/aromatic N) is 3. The molecule has 1 aliphatic heterocycles. The molecule has 0 saturated carbocycles. The van der Waals surface area contributed by atoms with Crippen molar-refractivity contribution in [3.63, 3.8) is 0 Å². The van der Waals surface area contributed by atoms with Gasteiger partial charge in [-0.2, -0.15) is 0 Å². The van der Waals surface area contributed by atoms with Crippen LogP contribution < -0.4 is 5.32 Å². The van der Waals surface area contributed by atoms with E-state index >= 15 is 0 Å². The van der Waals surface area contributed by atoms with Crippen LogP contribution in [0.3, 0.4) is 0 Å². The van der Waals surface area contributed by atoms with Gasteiger partial charge in [0.1, 0.15) is 11.4 Å². The van der Waals surface area contributed by atoms with E-state index in [0.717, 1.165) is 27.3 Å². The van der Waals surface area contributed by atoms with Crippen LogP contribution >= 0.6 is 23.1 Å². The molecule has 1 unspecified atom stereocenters. The van der Waals surface area contributed by atoms with Gasteiger partial charge in [-0.25, -0.2) is 9.97 Å². The Bertz CT molecular complexity index is 1020. The van der Waals surface area contributed by atoms with Gasteiger partial charge in [0.25, 0.3) is 0 Å². The molecular formula is C23H24N4OS2. The Balaban J connectivity index is 1.34. The number of hydrogen-bond donors (Lipinski definition) is 2. The molecule has 4 rings (SSSR count). The van der Waals surface area contributed by atoms with Gasteiger partial charge in [0, 0.05) is 23.8 Å². The molecule has 3 heterocycles. The van der Waals surface area contributed by atoms with Crippen molar-refractivity contribution in [2.75, 3.05) is 18.4 Å². The maximum Gasteiger partial charge on any atom is 0.189 e. The molecule has 2 aromatic heterocycles. The molecule has 154 valence electrons. The molecule has 0 fully saturated rings. The van der Waals surface area contributed by atoms with E-state index in [2.05, 4.69) is 38.5 Å². The van der Waals surface area contributed by atoms with Gasteiger partial charge in [-0.05, 0) is 30.2 Å². The van der Waals surface area contributed by atoms with E-state index in [0.29, 0.717) is 13.0 Å². The summed E-state index contributed by atoms with van der Waals surface area (Å²) in [6.07, 6.45) is 10.7. The zero-order valence-corrected chi connectivity index (χ0v) is 18.4. The van der Waals surface area contributed by atoms with Crippen LogP contribution in [0, 0.1) is 0 Å². The Kier molecular flexibility index (Phi) is 6.52.